The fourth-order valence-electron chi connectivity index (χ4n) is 3.61. The molecule has 0 fully saturated rings. The van der Waals surface area contributed by atoms with Gasteiger partial charge in [0.2, 0.25) is 0 Å². The molecule has 0 aliphatic heterocycles. The number of benzene rings is 4. The van der Waals surface area contributed by atoms with Gasteiger partial charge in [-0.2, -0.15) is 5.11 Å². The first kappa shape index (κ1) is 22.1. The highest BCUT2D eigenvalue weighted by Gasteiger charge is 2.12. The number of phenolic OH excluding ortho intramolecular Hbond substituents is 3. The largest absolute Gasteiger partial charge is 0.508 e. The highest BCUT2D eigenvalue weighted by Crippen LogP contribution is 2.41. The van der Waals surface area contributed by atoms with Gasteiger partial charge in [0.05, 0.1) is 12.3 Å². The Morgan fingerprint density at radius 2 is 1.55 bits per heavy atom. The predicted molar refractivity (Wildman–Crippen MR) is 129 cm³/mol. The van der Waals surface area contributed by atoms with Gasteiger partial charge in [0, 0.05) is 16.8 Å². The van der Waals surface area contributed by atoms with Gasteiger partial charge < -0.3 is 20.1 Å². The molecule has 0 aliphatic rings. The summed E-state index contributed by atoms with van der Waals surface area (Å²) in [5.41, 5.74) is 2.78. The number of aromatic hydroxyl groups is 3. The molecule has 0 bridgehead atoms. The Balaban J connectivity index is 1.51. The second-order valence-corrected chi connectivity index (χ2v) is 7.82. The van der Waals surface area contributed by atoms with Crippen LogP contribution >= 0.6 is 0 Å². The standard InChI is InChI=1S/C27H26N2O4/c1-2-15-33-26-17-24(27(32)23-6-4-3-5-22(23)26)29-28-20-11-8-18(9-12-20)7-10-19-16-21(30)13-14-25(19)31/h3-6,8-9,11-14,16-17,30-32H,2,7,10,15H2,1H3. The van der Waals surface area contributed by atoms with Gasteiger partial charge >= 0.3 is 0 Å². The average molecular weight is 443 g/mol. The number of hydrogen-bond donors (Lipinski definition) is 3. The Kier molecular flexibility index (Phi) is 6.74. The summed E-state index contributed by atoms with van der Waals surface area (Å²) < 4.78 is 5.86. The lowest BCUT2D eigenvalue weighted by atomic mass is 10.0. The van der Waals surface area contributed by atoms with Gasteiger partial charge in [-0.05, 0) is 60.7 Å². The van der Waals surface area contributed by atoms with Gasteiger partial charge in [-0.25, -0.2) is 0 Å². The minimum atomic E-state index is 0.0701. The smallest absolute Gasteiger partial charge is 0.151 e. The third-order valence-electron chi connectivity index (χ3n) is 5.38. The molecule has 0 radical (unpaired) electrons. The molecule has 0 aliphatic carbocycles. The summed E-state index contributed by atoms with van der Waals surface area (Å²) in [6, 6.07) is 21.4. The molecule has 4 aromatic rings. The number of ether oxygens (including phenoxy) is 1. The van der Waals surface area contributed by atoms with Crippen LogP contribution in [0.3, 0.4) is 0 Å². The van der Waals surface area contributed by atoms with E-state index in [9.17, 15) is 15.3 Å². The first-order valence-electron chi connectivity index (χ1n) is 10.9. The van der Waals surface area contributed by atoms with E-state index in [2.05, 4.69) is 10.2 Å². The number of phenols is 3. The lowest BCUT2D eigenvalue weighted by Crippen LogP contribution is -1.95. The number of aryl methyl sites for hydroxylation is 2. The van der Waals surface area contributed by atoms with Crippen molar-refractivity contribution in [2.24, 2.45) is 10.2 Å². The molecule has 0 aromatic heterocycles. The van der Waals surface area contributed by atoms with Crippen LogP contribution in [0.5, 0.6) is 23.0 Å². The van der Waals surface area contributed by atoms with Crippen molar-refractivity contribution in [3.63, 3.8) is 0 Å². The molecule has 168 valence electrons. The topological polar surface area (TPSA) is 94.6 Å². The first-order valence-corrected chi connectivity index (χ1v) is 10.9. The summed E-state index contributed by atoms with van der Waals surface area (Å²) in [7, 11) is 0. The number of hydrogen-bond acceptors (Lipinski definition) is 6. The summed E-state index contributed by atoms with van der Waals surface area (Å²) in [6.45, 7) is 2.62. The highest BCUT2D eigenvalue weighted by atomic mass is 16.5. The van der Waals surface area contributed by atoms with Crippen molar-refractivity contribution in [2.45, 2.75) is 26.2 Å². The number of fused-ring (bicyclic) bond motifs is 1. The molecule has 0 atom stereocenters. The van der Waals surface area contributed by atoms with E-state index < -0.39 is 0 Å². The Morgan fingerprint density at radius 3 is 2.30 bits per heavy atom. The number of nitrogens with zero attached hydrogens (tertiary/aromatic N) is 2. The maximum absolute atomic E-state index is 10.7. The minimum Gasteiger partial charge on any atom is -0.508 e. The Labute approximate surface area is 192 Å². The van der Waals surface area contributed by atoms with Gasteiger partial charge in [-0.1, -0.05) is 43.3 Å². The van der Waals surface area contributed by atoms with E-state index in [1.54, 1.807) is 12.1 Å². The van der Waals surface area contributed by atoms with Crippen molar-refractivity contribution < 1.29 is 20.1 Å². The third-order valence-corrected chi connectivity index (χ3v) is 5.38. The van der Waals surface area contributed by atoms with Crippen LogP contribution in [-0.4, -0.2) is 21.9 Å². The maximum Gasteiger partial charge on any atom is 0.151 e. The quantitative estimate of drug-likeness (QED) is 0.203. The van der Waals surface area contributed by atoms with Crippen LogP contribution in [0.2, 0.25) is 0 Å². The molecular weight excluding hydrogens is 416 g/mol. The fourth-order valence-corrected chi connectivity index (χ4v) is 3.61. The van der Waals surface area contributed by atoms with Gasteiger partial charge in [-0.3, -0.25) is 0 Å². The Morgan fingerprint density at radius 1 is 0.788 bits per heavy atom. The van der Waals surface area contributed by atoms with Gasteiger partial charge in [0.25, 0.3) is 0 Å². The van der Waals surface area contributed by atoms with Crippen LogP contribution in [0.15, 0.2) is 83.0 Å². The SMILES string of the molecule is CCCOc1cc(N=Nc2ccc(CCc3cc(O)ccc3O)cc2)c(O)c2ccccc12. The van der Waals surface area contributed by atoms with Crippen molar-refractivity contribution in [3.05, 3.63) is 83.9 Å². The first-order chi connectivity index (χ1) is 16.0. The van der Waals surface area contributed by atoms with Crippen molar-refractivity contribution in [2.75, 3.05) is 6.61 Å². The molecule has 3 N–H and O–H groups in total. The molecule has 33 heavy (non-hydrogen) atoms. The van der Waals surface area contributed by atoms with E-state index in [1.165, 1.54) is 12.1 Å². The van der Waals surface area contributed by atoms with Crippen LogP contribution in [-0.2, 0) is 12.8 Å². The van der Waals surface area contributed by atoms with Gasteiger partial charge in [0.1, 0.15) is 22.9 Å². The highest BCUT2D eigenvalue weighted by molar-refractivity contribution is 5.97. The summed E-state index contributed by atoms with van der Waals surface area (Å²) in [5, 5.41) is 40.3. The number of azo groups is 1. The average Bonchev–Trinajstić information content (AvgIpc) is 2.84. The molecule has 0 spiro atoms. The van der Waals surface area contributed by atoms with Crippen molar-refractivity contribution in [1.29, 1.82) is 0 Å². The Hall–Kier alpha value is -4.06. The van der Waals surface area contributed by atoms with Crippen LogP contribution in [0, 0.1) is 0 Å². The minimum absolute atomic E-state index is 0.0701. The maximum atomic E-state index is 10.7. The lowest BCUT2D eigenvalue weighted by molar-refractivity contribution is 0.321. The van der Waals surface area contributed by atoms with Crippen molar-refractivity contribution >= 4 is 22.1 Å². The zero-order chi connectivity index (χ0) is 23.2. The fraction of sp³-hybridized carbons (Fsp3) is 0.185. The van der Waals surface area contributed by atoms with Crippen LogP contribution < -0.4 is 4.74 Å². The third kappa shape index (κ3) is 5.23. The van der Waals surface area contributed by atoms with Crippen molar-refractivity contribution in [3.8, 4) is 23.0 Å². The molecular formula is C27H26N2O4. The van der Waals surface area contributed by atoms with E-state index in [0.717, 1.165) is 17.4 Å². The van der Waals surface area contributed by atoms with Crippen LogP contribution in [0.4, 0.5) is 11.4 Å². The summed E-state index contributed by atoms with van der Waals surface area (Å²) >= 11 is 0. The zero-order valence-corrected chi connectivity index (χ0v) is 18.4. The van der Waals surface area contributed by atoms with Gasteiger partial charge in [-0.15, -0.1) is 5.11 Å². The van der Waals surface area contributed by atoms with E-state index in [4.69, 9.17) is 4.74 Å². The molecule has 4 rings (SSSR count). The normalized spacial score (nSPS) is 11.3. The monoisotopic (exact) mass is 442 g/mol. The van der Waals surface area contributed by atoms with Gasteiger partial charge in [0.15, 0.2) is 5.75 Å². The molecule has 6 nitrogen and oxygen atoms in total. The second-order valence-electron chi connectivity index (χ2n) is 7.82. The predicted octanol–water partition coefficient (Wildman–Crippen LogP) is 6.95. The zero-order valence-electron chi connectivity index (χ0n) is 18.4. The van der Waals surface area contributed by atoms with Crippen LogP contribution in [0.25, 0.3) is 10.8 Å². The number of rotatable bonds is 8. The van der Waals surface area contributed by atoms with E-state index in [0.29, 0.717) is 47.5 Å². The molecule has 0 amide bonds. The molecule has 0 unspecified atom stereocenters. The van der Waals surface area contributed by atoms with E-state index in [1.807, 2.05) is 55.5 Å². The van der Waals surface area contributed by atoms with Crippen molar-refractivity contribution in [1.82, 2.24) is 0 Å². The second kappa shape index (κ2) is 10.0. The molecule has 0 saturated heterocycles. The lowest BCUT2D eigenvalue weighted by Gasteiger charge is -2.11. The Bertz CT molecular complexity index is 1280. The van der Waals surface area contributed by atoms with E-state index in [-0.39, 0.29) is 17.2 Å². The van der Waals surface area contributed by atoms with Crippen LogP contribution in [0.1, 0.15) is 24.5 Å². The summed E-state index contributed by atoms with van der Waals surface area (Å²) in [6.07, 6.45) is 2.19. The summed E-state index contributed by atoms with van der Waals surface area (Å²) in [5.74, 6) is 1.06. The van der Waals surface area contributed by atoms with E-state index >= 15 is 0 Å². The molecule has 6 heteroatoms. The molecule has 0 saturated carbocycles. The summed E-state index contributed by atoms with van der Waals surface area (Å²) in [4.78, 5) is 0. The molecule has 0 heterocycles. The molecule has 4 aromatic carbocycles.